The molecule has 1 heterocycles. The zero-order valence-electron chi connectivity index (χ0n) is 14.3. The van der Waals surface area contributed by atoms with Gasteiger partial charge < -0.3 is 10.0 Å². The third kappa shape index (κ3) is 4.21. The molecule has 0 aromatic carbocycles. The lowest BCUT2D eigenvalue weighted by Crippen LogP contribution is -2.44. The van der Waals surface area contributed by atoms with E-state index in [4.69, 9.17) is 0 Å². The van der Waals surface area contributed by atoms with E-state index in [0.717, 1.165) is 37.8 Å². The van der Waals surface area contributed by atoms with Crippen LogP contribution in [0.5, 0.6) is 0 Å². The Labute approximate surface area is 130 Å². The van der Waals surface area contributed by atoms with Gasteiger partial charge in [-0.2, -0.15) is 0 Å². The molecule has 2 aliphatic rings. The van der Waals surface area contributed by atoms with Crippen molar-refractivity contribution in [3.05, 3.63) is 0 Å². The van der Waals surface area contributed by atoms with E-state index in [1.807, 2.05) is 6.92 Å². The Morgan fingerprint density at radius 2 is 1.67 bits per heavy atom. The van der Waals surface area contributed by atoms with Gasteiger partial charge in [-0.05, 0) is 75.8 Å². The number of carbonyl (C=O) groups is 1. The van der Waals surface area contributed by atoms with Crippen LogP contribution in [0.3, 0.4) is 0 Å². The van der Waals surface area contributed by atoms with Crippen LogP contribution in [0.15, 0.2) is 0 Å². The summed E-state index contributed by atoms with van der Waals surface area (Å²) in [6.45, 7) is 12.1. The van der Waals surface area contributed by atoms with Gasteiger partial charge in [0.05, 0.1) is 5.41 Å². The van der Waals surface area contributed by atoms with Crippen LogP contribution in [-0.2, 0) is 4.79 Å². The van der Waals surface area contributed by atoms with Gasteiger partial charge in [-0.15, -0.1) is 0 Å². The minimum Gasteiger partial charge on any atom is -0.481 e. The highest BCUT2D eigenvalue weighted by Crippen LogP contribution is 2.40. The van der Waals surface area contributed by atoms with E-state index in [9.17, 15) is 9.90 Å². The smallest absolute Gasteiger partial charge is 0.309 e. The van der Waals surface area contributed by atoms with Gasteiger partial charge in [0.25, 0.3) is 0 Å². The van der Waals surface area contributed by atoms with Gasteiger partial charge in [-0.25, -0.2) is 0 Å². The Hall–Kier alpha value is -0.570. The molecule has 0 radical (unpaired) electrons. The van der Waals surface area contributed by atoms with Crippen LogP contribution in [0.25, 0.3) is 0 Å². The zero-order valence-corrected chi connectivity index (χ0v) is 14.3. The Kier molecular flexibility index (Phi) is 5.02. The van der Waals surface area contributed by atoms with Gasteiger partial charge >= 0.3 is 5.97 Å². The van der Waals surface area contributed by atoms with Gasteiger partial charge in [0.2, 0.25) is 0 Å². The van der Waals surface area contributed by atoms with E-state index in [1.54, 1.807) is 0 Å². The van der Waals surface area contributed by atoms with Crippen LogP contribution in [0.1, 0.15) is 66.2 Å². The number of carboxylic acids is 1. The molecule has 3 heteroatoms. The van der Waals surface area contributed by atoms with E-state index in [0.29, 0.717) is 5.41 Å². The molecule has 0 spiro atoms. The summed E-state index contributed by atoms with van der Waals surface area (Å²) in [5.74, 6) is 1.09. The summed E-state index contributed by atoms with van der Waals surface area (Å²) in [7, 11) is 0. The summed E-state index contributed by atoms with van der Waals surface area (Å²) in [5.41, 5.74) is -0.0280. The second-order valence-electron chi connectivity index (χ2n) is 8.75. The lowest BCUT2D eigenvalue weighted by atomic mass is 9.69. The monoisotopic (exact) mass is 295 g/mol. The topological polar surface area (TPSA) is 40.5 Å². The van der Waals surface area contributed by atoms with Gasteiger partial charge in [0, 0.05) is 6.54 Å². The third-order valence-corrected chi connectivity index (χ3v) is 6.06. The normalized spacial score (nSPS) is 31.0. The largest absolute Gasteiger partial charge is 0.481 e. The molecule has 122 valence electrons. The molecule has 2 fully saturated rings. The van der Waals surface area contributed by atoms with E-state index < -0.39 is 11.4 Å². The maximum absolute atomic E-state index is 11.3. The predicted octanol–water partition coefficient (Wildman–Crippen LogP) is 4.03. The van der Waals surface area contributed by atoms with Gasteiger partial charge in [-0.1, -0.05) is 20.8 Å². The van der Waals surface area contributed by atoms with Crippen LogP contribution in [0.2, 0.25) is 0 Å². The fourth-order valence-corrected chi connectivity index (χ4v) is 4.02. The summed E-state index contributed by atoms with van der Waals surface area (Å²) in [6.07, 6.45) is 7.06. The van der Waals surface area contributed by atoms with Crippen molar-refractivity contribution in [3.63, 3.8) is 0 Å². The number of hydrogen-bond acceptors (Lipinski definition) is 2. The van der Waals surface area contributed by atoms with Crippen LogP contribution in [0, 0.1) is 22.7 Å². The first-order valence-electron chi connectivity index (χ1n) is 8.66. The average Bonchev–Trinajstić information content (AvgIpc) is 2.41. The maximum atomic E-state index is 11.3. The molecule has 1 saturated heterocycles. The lowest BCUT2D eigenvalue weighted by Gasteiger charge is -2.41. The maximum Gasteiger partial charge on any atom is 0.309 e. The van der Waals surface area contributed by atoms with Crippen molar-refractivity contribution >= 4 is 5.97 Å². The fraction of sp³-hybridized carbons (Fsp3) is 0.944. The van der Waals surface area contributed by atoms with E-state index in [-0.39, 0.29) is 0 Å². The van der Waals surface area contributed by atoms with Crippen molar-refractivity contribution in [2.24, 2.45) is 22.7 Å². The summed E-state index contributed by atoms with van der Waals surface area (Å²) in [5, 5.41) is 9.29. The quantitative estimate of drug-likeness (QED) is 0.854. The summed E-state index contributed by atoms with van der Waals surface area (Å²) in [4.78, 5) is 13.8. The molecule has 0 aromatic heterocycles. The number of aliphatic carboxylic acids is 1. The van der Waals surface area contributed by atoms with Crippen molar-refractivity contribution in [1.82, 2.24) is 4.90 Å². The van der Waals surface area contributed by atoms with Gasteiger partial charge in [0.1, 0.15) is 0 Å². The molecule has 0 unspecified atom stereocenters. The first-order valence-corrected chi connectivity index (χ1v) is 8.66. The van der Waals surface area contributed by atoms with E-state index in [1.165, 1.54) is 32.2 Å². The second-order valence-corrected chi connectivity index (χ2v) is 8.75. The number of likely N-dealkylation sites (tertiary alicyclic amines) is 1. The first-order chi connectivity index (χ1) is 9.71. The van der Waals surface area contributed by atoms with Gasteiger partial charge in [0.15, 0.2) is 0 Å². The van der Waals surface area contributed by atoms with Crippen molar-refractivity contribution < 1.29 is 9.90 Å². The molecule has 3 nitrogen and oxygen atoms in total. The SMILES string of the molecule is CC1(C(=O)O)CCN(CC2CCC(C(C)(C)C)CC2)CC1. The molecule has 0 aromatic rings. The summed E-state index contributed by atoms with van der Waals surface area (Å²) >= 11 is 0. The predicted molar refractivity (Wildman–Crippen MR) is 86.3 cm³/mol. The highest BCUT2D eigenvalue weighted by Gasteiger charge is 2.37. The number of carboxylic acid groups (broad SMARTS) is 1. The van der Waals surface area contributed by atoms with Crippen molar-refractivity contribution in [2.45, 2.75) is 66.2 Å². The zero-order chi connectivity index (χ0) is 15.7. The lowest BCUT2D eigenvalue weighted by molar-refractivity contribution is -0.150. The van der Waals surface area contributed by atoms with Crippen LogP contribution in [0.4, 0.5) is 0 Å². The number of piperidine rings is 1. The molecule has 1 N–H and O–H groups in total. The molecule has 21 heavy (non-hydrogen) atoms. The summed E-state index contributed by atoms with van der Waals surface area (Å²) in [6, 6.07) is 0. The Morgan fingerprint density at radius 1 is 1.14 bits per heavy atom. The van der Waals surface area contributed by atoms with Crippen LogP contribution >= 0.6 is 0 Å². The molecule has 1 aliphatic heterocycles. The number of hydrogen-bond donors (Lipinski definition) is 1. The first kappa shape index (κ1) is 16.8. The minimum atomic E-state index is -0.618. The highest BCUT2D eigenvalue weighted by molar-refractivity contribution is 5.74. The minimum absolute atomic E-state index is 0.458. The van der Waals surface area contributed by atoms with Crippen molar-refractivity contribution in [1.29, 1.82) is 0 Å². The average molecular weight is 295 g/mol. The number of rotatable bonds is 3. The molecule has 0 atom stereocenters. The van der Waals surface area contributed by atoms with Crippen molar-refractivity contribution in [3.8, 4) is 0 Å². The molecular weight excluding hydrogens is 262 g/mol. The van der Waals surface area contributed by atoms with E-state index >= 15 is 0 Å². The van der Waals surface area contributed by atoms with E-state index in [2.05, 4.69) is 25.7 Å². The third-order valence-electron chi connectivity index (χ3n) is 6.06. The second kappa shape index (κ2) is 6.28. The molecular formula is C18H33NO2. The number of nitrogens with zero attached hydrogens (tertiary/aromatic N) is 1. The van der Waals surface area contributed by atoms with Crippen LogP contribution < -0.4 is 0 Å². The summed E-state index contributed by atoms with van der Waals surface area (Å²) < 4.78 is 0. The Balaban J connectivity index is 1.75. The van der Waals surface area contributed by atoms with Crippen LogP contribution in [-0.4, -0.2) is 35.6 Å². The molecule has 2 rings (SSSR count). The standard InChI is InChI=1S/C18H33NO2/c1-17(2,3)15-7-5-14(6-8-15)13-19-11-9-18(4,10-12-19)16(20)21/h14-15H,5-13H2,1-4H3,(H,20,21). The molecule has 1 aliphatic carbocycles. The highest BCUT2D eigenvalue weighted by atomic mass is 16.4. The fourth-order valence-electron chi connectivity index (χ4n) is 4.02. The Morgan fingerprint density at radius 3 is 2.10 bits per heavy atom. The molecule has 1 saturated carbocycles. The van der Waals surface area contributed by atoms with Crippen molar-refractivity contribution in [2.75, 3.05) is 19.6 Å². The Bertz CT molecular complexity index is 356. The molecule has 0 amide bonds. The van der Waals surface area contributed by atoms with Gasteiger partial charge in [-0.3, -0.25) is 4.79 Å². The molecule has 0 bridgehead atoms.